The minimum absolute atomic E-state index is 0.0394. The van der Waals surface area contributed by atoms with Crippen LogP contribution in [0, 0.1) is 0 Å². The quantitative estimate of drug-likeness (QED) is 0.266. The van der Waals surface area contributed by atoms with Gasteiger partial charge in [-0.15, -0.1) is 0 Å². The Morgan fingerprint density at radius 3 is 2.32 bits per heavy atom. The van der Waals surface area contributed by atoms with Gasteiger partial charge in [0.25, 0.3) is 10.0 Å². The van der Waals surface area contributed by atoms with Gasteiger partial charge in [-0.3, -0.25) is 13.9 Å². The molecule has 10 heteroatoms. The van der Waals surface area contributed by atoms with E-state index >= 15 is 0 Å². The number of hydrogen-bond donors (Lipinski definition) is 1. The van der Waals surface area contributed by atoms with Crippen molar-refractivity contribution in [2.45, 2.75) is 44.2 Å². The minimum atomic E-state index is -4.12. The molecule has 0 spiro atoms. The predicted octanol–water partition coefficient (Wildman–Crippen LogP) is 5.63. The minimum Gasteiger partial charge on any atom is -0.354 e. The summed E-state index contributed by atoms with van der Waals surface area (Å²) in [4.78, 5) is 28.2. The van der Waals surface area contributed by atoms with Gasteiger partial charge in [-0.25, -0.2) is 8.42 Å². The van der Waals surface area contributed by atoms with Crippen molar-refractivity contribution in [3.05, 3.63) is 93.9 Å². The number of rotatable bonds is 12. The van der Waals surface area contributed by atoms with Crippen LogP contribution in [-0.2, 0) is 26.2 Å². The van der Waals surface area contributed by atoms with E-state index in [1.807, 2.05) is 31.2 Å². The summed E-state index contributed by atoms with van der Waals surface area (Å²) in [7, 11) is -4.12. The highest BCUT2D eigenvalue weighted by atomic mass is 79.9. The predicted molar refractivity (Wildman–Crippen MR) is 154 cm³/mol. The van der Waals surface area contributed by atoms with Crippen LogP contribution in [0.1, 0.15) is 32.3 Å². The average molecular weight is 621 g/mol. The van der Waals surface area contributed by atoms with Crippen LogP contribution in [0.5, 0.6) is 0 Å². The van der Waals surface area contributed by atoms with Crippen LogP contribution in [-0.4, -0.2) is 44.3 Å². The molecule has 0 radical (unpaired) electrons. The van der Waals surface area contributed by atoms with Gasteiger partial charge < -0.3 is 10.2 Å². The number of halogens is 2. The third-order valence-electron chi connectivity index (χ3n) is 5.97. The molecule has 3 aromatic rings. The number of anilines is 1. The van der Waals surface area contributed by atoms with Crippen LogP contribution in [0.25, 0.3) is 0 Å². The van der Waals surface area contributed by atoms with Gasteiger partial charge >= 0.3 is 0 Å². The summed E-state index contributed by atoms with van der Waals surface area (Å²) in [5.74, 6) is -0.824. The summed E-state index contributed by atoms with van der Waals surface area (Å²) in [5, 5.41) is 3.20. The topological polar surface area (TPSA) is 86.8 Å². The highest BCUT2D eigenvalue weighted by Crippen LogP contribution is 2.27. The number of amides is 2. The van der Waals surface area contributed by atoms with Crippen molar-refractivity contribution >= 4 is 55.1 Å². The number of carbonyl (C=O) groups is 2. The summed E-state index contributed by atoms with van der Waals surface area (Å²) in [5.41, 5.74) is 1.05. The number of benzene rings is 3. The highest BCUT2D eigenvalue weighted by Gasteiger charge is 2.32. The standard InChI is InChI=1S/C28H31BrClN3O4S/c1-3-4-17-31-28(35)21(2)32(19-22-13-15-23(29)16-14-22)27(34)20-33(25-10-8-9-24(30)18-25)38(36,37)26-11-6-5-7-12-26/h5-16,18,21H,3-4,17,19-20H2,1-2H3,(H,31,35). The van der Waals surface area contributed by atoms with E-state index in [0.717, 1.165) is 27.2 Å². The van der Waals surface area contributed by atoms with Crippen LogP contribution < -0.4 is 9.62 Å². The molecule has 0 aliphatic carbocycles. The normalized spacial score (nSPS) is 12.0. The summed E-state index contributed by atoms with van der Waals surface area (Å²) in [6.45, 7) is 3.78. The first-order valence-corrected chi connectivity index (χ1v) is 14.9. The maximum absolute atomic E-state index is 13.8. The lowest BCUT2D eigenvalue weighted by Gasteiger charge is -2.32. The van der Waals surface area contributed by atoms with Gasteiger partial charge in [0.05, 0.1) is 10.6 Å². The van der Waals surface area contributed by atoms with Gasteiger partial charge in [0, 0.05) is 22.6 Å². The molecule has 7 nitrogen and oxygen atoms in total. The molecule has 0 saturated carbocycles. The molecule has 0 aliphatic rings. The third-order valence-corrected chi connectivity index (χ3v) is 8.52. The van der Waals surface area contributed by atoms with Crippen molar-refractivity contribution < 1.29 is 18.0 Å². The van der Waals surface area contributed by atoms with Gasteiger partial charge in [-0.1, -0.05) is 77.3 Å². The van der Waals surface area contributed by atoms with E-state index in [9.17, 15) is 18.0 Å². The van der Waals surface area contributed by atoms with Crippen LogP contribution in [0.4, 0.5) is 5.69 Å². The Morgan fingerprint density at radius 1 is 1.00 bits per heavy atom. The van der Waals surface area contributed by atoms with E-state index in [2.05, 4.69) is 21.2 Å². The first kappa shape index (κ1) is 29.7. The fraction of sp³-hybridized carbons (Fsp3) is 0.286. The summed E-state index contributed by atoms with van der Waals surface area (Å²) >= 11 is 9.59. The first-order valence-electron chi connectivity index (χ1n) is 12.3. The maximum Gasteiger partial charge on any atom is 0.264 e. The van der Waals surface area contributed by atoms with Crippen molar-refractivity contribution in [2.75, 3.05) is 17.4 Å². The van der Waals surface area contributed by atoms with E-state index < -0.39 is 28.5 Å². The number of carbonyl (C=O) groups excluding carboxylic acids is 2. The van der Waals surface area contributed by atoms with Crippen LogP contribution in [0.3, 0.4) is 0 Å². The van der Waals surface area contributed by atoms with Crippen LogP contribution in [0.2, 0.25) is 5.02 Å². The van der Waals surface area contributed by atoms with Crippen molar-refractivity contribution in [2.24, 2.45) is 0 Å². The molecule has 2 amide bonds. The smallest absolute Gasteiger partial charge is 0.264 e. The number of hydrogen-bond acceptors (Lipinski definition) is 4. The highest BCUT2D eigenvalue weighted by molar-refractivity contribution is 9.10. The second-order valence-electron chi connectivity index (χ2n) is 8.77. The molecule has 38 heavy (non-hydrogen) atoms. The number of nitrogens with zero attached hydrogens (tertiary/aromatic N) is 2. The maximum atomic E-state index is 13.8. The summed E-state index contributed by atoms with van der Waals surface area (Å²) in [6.07, 6.45) is 1.74. The zero-order chi connectivity index (χ0) is 27.7. The summed E-state index contributed by atoms with van der Waals surface area (Å²) in [6, 6.07) is 20.8. The van der Waals surface area contributed by atoms with Crippen LogP contribution in [0.15, 0.2) is 88.2 Å². The molecule has 3 rings (SSSR count). The second kappa shape index (κ2) is 13.8. The fourth-order valence-electron chi connectivity index (χ4n) is 3.78. The van der Waals surface area contributed by atoms with Gasteiger partial charge in [-0.05, 0) is 61.4 Å². The lowest BCUT2D eigenvalue weighted by molar-refractivity contribution is -0.139. The average Bonchev–Trinajstić information content (AvgIpc) is 2.91. The molecule has 0 saturated heterocycles. The Bertz CT molecular complexity index is 1340. The SMILES string of the molecule is CCCCNC(=O)C(C)N(Cc1ccc(Br)cc1)C(=O)CN(c1cccc(Cl)c1)S(=O)(=O)c1ccccc1. The van der Waals surface area contributed by atoms with Crippen molar-refractivity contribution in [1.82, 2.24) is 10.2 Å². The monoisotopic (exact) mass is 619 g/mol. The lowest BCUT2D eigenvalue weighted by atomic mass is 10.1. The Labute approximate surface area is 238 Å². The molecule has 0 aliphatic heterocycles. The molecule has 0 fully saturated rings. The molecule has 1 atom stereocenters. The zero-order valence-corrected chi connectivity index (χ0v) is 24.5. The van der Waals surface area contributed by atoms with E-state index in [4.69, 9.17) is 11.6 Å². The fourth-order valence-corrected chi connectivity index (χ4v) is 5.66. The Morgan fingerprint density at radius 2 is 1.68 bits per heavy atom. The molecule has 1 N–H and O–H groups in total. The Hall–Kier alpha value is -2.88. The lowest BCUT2D eigenvalue weighted by Crippen LogP contribution is -2.51. The number of sulfonamides is 1. The van der Waals surface area contributed by atoms with E-state index in [1.54, 1.807) is 43.3 Å². The molecular weight excluding hydrogens is 590 g/mol. The molecule has 1 unspecified atom stereocenters. The van der Waals surface area contributed by atoms with Gasteiger partial charge in [-0.2, -0.15) is 0 Å². The molecule has 202 valence electrons. The van der Waals surface area contributed by atoms with Crippen molar-refractivity contribution in [3.8, 4) is 0 Å². The molecule has 0 aromatic heterocycles. The van der Waals surface area contributed by atoms with Gasteiger partial charge in [0.1, 0.15) is 12.6 Å². The first-order chi connectivity index (χ1) is 18.1. The zero-order valence-electron chi connectivity index (χ0n) is 21.3. The van der Waals surface area contributed by atoms with Crippen molar-refractivity contribution in [1.29, 1.82) is 0 Å². The van der Waals surface area contributed by atoms with E-state index in [-0.39, 0.29) is 23.0 Å². The molecule has 0 heterocycles. The second-order valence-corrected chi connectivity index (χ2v) is 12.0. The van der Waals surface area contributed by atoms with Gasteiger partial charge in [0.2, 0.25) is 11.8 Å². The number of nitrogens with one attached hydrogen (secondary N) is 1. The third kappa shape index (κ3) is 7.82. The van der Waals surface area contributed by atoms with E-state index in [0.29, 0.717) is 11.6 Å². The molecule has 3 aromatic carbocycles. The number of unbranched alkanes of at least 4 members (excludes halogenated alkanes) is 1. The van der Waals surface area contributed by atoms with Crippen LogP contribution >= 0.6 is 27.5 Å². The van der Waals surface area contributed by atoms with Gasteiger partial charge in [0.15, 0.2) is 0 Å². The van der Waals surface area contributed by atoms with E-state index in [1.165, 1.54) is 23.1 Å². The Balaban J connectivity index is 1.98. The Kier molecular flexibility index (Phi) is 10.8. The molecule has 0 bridgehead atoms. The largest absolute Gasteiger partial charge is 0.354 e. The summed E-state index contributed by atoms with van der Waals surface area (Å²) < 4.78 is 29.3. The van der Waals surface area contributed by atoms with Crippen molar-refractivity contribution in [3.63, 3.8) is 0 Å². The molecular formula is C28H31BrClN3O4S.